The number of carbonyl (C=O) groups is 1. The number of hydrogen-bond acceptors (Lipinski definition) is 5. The quantitative estimate of drug-likeness (QED) is 0.389. The Labute approximate surface area is 195 Å². The molecule has 1 saturated heterocycles. The fourth-order valence-corrected chi connectivity index (χ4v) is 4.10. The monoisotopic (exact) mass is 463 g/mol. The predicted molar refractivity (Wildman–Crippen MR) is 127 cm³/mol. The zero-order chi connectivity index (χ0) is 22.1. The summed E-state index contributed by atoms with van der Waals surface area (Å²) < 4.78 is 0. The molecule has 1 aromatic heterocycles. The Balaban J connectivity index is 1.47. The summed E-state index contributed by atoms with van der Waals surface area (Å²) in [6.07, 6.45) is -0.211. The van der Waals surface area contributed by atoms with Gasteiger partial charge in [-0.1, -0.05) is 65.7 Å². The number of hydrogen-bond donors (Lipinski definition) is 3. The Bertz CT molecular complexity index is 1280. The molecule has 6 nitrogen and oxygen atoms in total. The zero-order valence-electron chi connectivity index (χ0n) is 16.8. The molecule has 160 valence electrons. The average Bonchev–Trinajstić information content (AvgIpc) is 2.79. The third-order valence-corrected chi connectivity index (χ3v) is 5.80. The molecule has 0 saturated carbocycles. The maximum absolute atomic E-state index is 12.4. The standard InChI is InChI=1S/C24H19Cl2N5O/c25-16-8-6-14(7-9-16)20-13-21(32)29-23(28-20)31-24-27-19-11-10-17(26)12-18(19)22(30-24)15-4-2-1-3-5-15/h1-12,20,23,28H,13H2,(H,29,32)(H,27,30,31). The van der Waals surface area contributed by atoms with Crippen molar-refractivity contribution >= 4 is 46.0 Å². The highest BCUT2D eigenvalue weighted by molar-refractivity contribution is 6.31. The summed E-state index contributed by atoms with van der Waals surface area (Å²) in [7, 11) is 0. The van der Waals surface area contributed by atoms with E-state index in [-0.39, 0.29) is 11.9 Å². The molecule has 4 aromatic rings. The summed E-state index contributed by atoms with van der Waals surface area (Å²) >= 11 is 12.2. The Kier molecular flexibility index (Phi) is 5.66. The molecule has 32 heavy (non-hydrogen) atoms. The van der Waals surface area contributed by atoms with Gasteiger partial charge in [-0.05, 0) is 35.9 Å². The van der Waals surface area contributed by atoms with Crippen molar-refractivity contribution in [1.29, 1.82) is 0 Å². The lowest BCUT2D eigenvalue weighted by Crippen LogP contribution is -2.56. The van der Waals surface area contributed by atoms with Crippen molar-refractivity contribution in [2.45, 2.75) is 18.8 Å². The van der Waals surface area contributed by atoms with E-state index < -0.39 is 6.29 Å². The lowest BCUT2D eigenvalue weighted by molar-refractivity contribution is -0.124. The first-order valence-corrected chi connectivity index (χ1v) is 10.9. The van der Waals surface area contributed by atoms with Gasteiger partial charge in [0.2, 0.25) is 11.9 Å². The number of fused-ring (bicyclic) bond motifs is 1. The molecule has 1 fully saturated rings. The molecule has 5 rings (SSSR count). The van der Waals surface area contributed by atoms with Gasteiger partial charge in [0.05, 0.1) is 11.2 Å². The number of carbonyl (C=O) groups excluding carboxylic acids is 1. The van der Waals surface area contributed by atoms with Crippen LogP contribution in [0.3, 0.4) is 0 Å². The van der Waals surface area contributed by atoms with Crippen molar-refractivity contribution in [1.82, 2.24) is 20.6 Å². The van der Waals surface area contributed by atoms with Crippen LogP contribution in [0.15, 0.2) is 72.8 Å². The highest BCUT2D eigenvalue weighted by atomic mass is 35.5. The highest BCUT2D eigenvalue weighted by Gasteiger charge is 2.27. The van der Waals surface area contributed by atoms with Crippen LogP contribution in [0.4, 0.5) is 5.95 Å². The van der Waals surface area contributed by atoms with E-state index in [1.165, 1.54) is 0 Å². The van der Waals surface area contributed by atoms with E-state index in [0.29, 0.717) is 22.4 Å². The first-order chi connectivity index (χ1) is 15.5. The minimum absolute atomic E-state index is 0.0722. The molecule has 2 heterocycles. The summed E-state index contributed by atoms with van der Waals surface area (Å²) in [5, 5.41) is 11.6. The Hall–Kier alpha value is -3.19. The minimum atomic E-state index is -0.537. The first-order valence-electron chi connectivity index (χ1n) is 10.2. The molecule has 0 radical (unpaired) electrons. The molecule has 0 bridgehead atoms. The molecular formula is C24H19Cl2N5O. The second-order valence-electron chi connectivity index (χ2n) is 7.54. The summed E-state index contributed by atoms with van der Waals surface area (Å²) in [5.41, 5.74) is 3.44. The Morgan fingerprint density at radius 2 is 1.66 bits per heavy atom. The number of aromatic nitrogens is 2. The van der Waals surface area contributed by atoms with Crippen molar-refractivity contribution in [3.63, 3.8) is 0 Å². The van der Waals surface area contributed by atoms with Gasteiger partial charge in [0, 0.05) is 33.5 Å². The van der Waals surface area contributed by atoms with Crippen molar-refractivity contribution in [3.8, 4) is 11.3 Å². The second-order valence-corrected chi connectivity index (χ2v) is 8.42. The van der Waals surface area contributed by atoms with Crippen LogP contribution in [-0.2, 0) is 4.79 Å². The Morgan fingerprint density at radius 3 is 2.44 bits per heavy atom. The number of rotatable bonds is 4. The lowest BCUT2D eigenvalue weighted by Gasteiger charge is -2.32. The smallest absolute Gasteiger partial charge is 0.226 e. The van der Waals surface area contributed by atoms with Gasteiger partial charge in [-0.25, -0.2) is 9.97 Å². The molecule has 8 heteroatoms. The largest absolute Gasteiger partial charge is 0.323 e. The third kappa shape index (κ3) is 4.39. The van der Waals surface area contributed by atoms with Crippen LogP contribution in [-0.4, -0.2) is 22.2 Å². The van der Waals surface area contributed by atoms with E-state index in [4.69, 9.17) is 28.2 Å². The van der Waals surface area contributed by atoms with Crippen LogP contribution in [0.25, 0.3) is 22.2 Å². The fourth-order valence-electron chi connectivity index (χ4n) is 3.80. The molecular weight excluding hydrogens is 445 g/mol. The third-order valence-electron chi connectivity index (χ3n) is 5.31. The van der Waals surface area contributed by atoms with Gasteiger partial charge in [0.25, 0.3) is 0 Å². The molecule has 0 spiro atoms. The number of benzene rings is 3. The number of amides is 1. The molecule has 3 aromatic carbocycles. The van der Waals surface area contributed by atoms with E-state index in [1.807, 2.05) is 66.7 Å². The van der Waals surface area contributed by atoms with E-state index in [9.17, 15) is 4.79 Å². The minimum Gasteiger partial charge on any atom is -0.323 e. The SMILES string of the molecule is O=C1CC(c2ccc(Cl)cc2)NC(Nc2nc(-c3ccccc3)c3cc(Cl)ccc3n2)N1. The van der Waals surface area contributed by atoms with Crippen LogP contribution >= 0.6 is 23.2 Å². The fraction of sp³-hybridized carbons (Fsp3) is 0.125. The van der Waals surface area contributed by atoms with E-state index >= 15 is 0 Å². The molecule has 0 aliphatic carbocycles. The van der Waals surface area contributed by atoms with Crippen LogP contribution < -0.4 is 16.0 Å². The topological polar surface area (TPSA) is 78.9 Å². The highest BCUT2D eigenvalue weighted by Crippen LogP contribution is 2.30. The number of halogens is 2. The first kappa shape index (κ1) is 20.7. The van der Waals surface area contributed by atoms with Gasteiger partial charge in [-0.15, -0.1) is 0 Å². The van der Waals surface area contributed by atoms with E-state index in [1.54, 1.807) is 6.07 Å². The molecule has 2 atom stereocenters. The maximum Gasteiger partial charge on any atom is 0.226 e. The van der Waals surface area contributed by atoms with Gasteiger partial charge < -0.3 is 10.6 Å². The maximum atomic E-state index is 12.4. The molecule has 1 aliphatic heterocycles. The zero-order valence-corrected chi connectivity index (χ0v) is 18.4. The van der Waals surface area contributed by atoms with Gasteiger partial charge in [0.1, 0.15) is 0 Å². The van der Waals surface area contributed by atoms with Crippen molar-refractivity contribution in [3.05, 3.63) is 88.4 Å². The molecule has 3 N–H and O–H groups in total. The summed E-state index contributed by atoms with van der Waals surface area (Å²) in [4.78, 5) is 21.8. The Morgan fingerprint density at radius 1 is 0.906 bits per heavy atom. The van der Waals surface area contributed by atoms with Crippen LogP contribution in [0.5, 0.6) is 0 Å². The van der Waals surface area contributed by atoms with Crippen molar-refractivity contribution in [2.75, 3.05) is 5.32 Å². The van der Waals surface area contributed by atoms with Crippen LogP contribution in [0, 0.1) is 0 Å². The molecule has 1 aliphatic rings. The molecule has 2 unspecified atom stereocenters. The van der Waals surface area contributed by atoms with Crippen molar-refractivity contribution in [2.24, 2.45) is 0 Å². The van der Waals surface area contributed by atoms with Crippen molar-refractivity contribution < 1.29 is 4.79 Å². The normalized spacial score (nSPS) is 18.4. The number of nitrogens with one attached hydrogen (secondary N) is 3. The lowest BCUT2D eigenvalue weighted by atomic mass is 10.0. The summed E-state index contributed by atoms with van der Waals surface area (Å²) in [6.45, 7) is 0. The average molecular weight is 464 g/mol. The molecule has 1 amide bonds. The summed E-state index contributed by atoms with van der Waals surface area (Å²) in [5.74, 6) is 0.324. The second kappa shape index (κ2) is 8.74. The van der Waals surface area contributed by atoms with Gasteiger partial charge >= 0.3 is 0 Å². The number of nitrogens with zero attached hydrogens (tertiary/aromatic N) is 2. The van der Waals surface area contributed by atoms with E-state index in [2.05, 4.69) is 20.9 Å². The predicted octanol–water partition coefficient (Wildman–Crippen LogP) is 5.15. The van der Waals surface area contributed by atoms with Crippen LogP contribution in [0.1, 0.15) is 18.0 Å². The van der Waals surface area contributed by atoms with Crippen LogP contribution in [0.2, 0.25) is 10.0 Å². The number of anilines is 1. The van der Waals surface area contributed by atoms with Gasteiger partial charge in [-0.3, -0.25) is 10.1 Å². The van der Waals surface area contributed by atoms with E-state index in [0.717, 1.165) is 27.7 Å². The summed E-state index contributed by atoms with van der Waals surface area (Å²) in [6, 6.07) is 22.7. The van der Waals surface area contributed by atoms with Gasteiger partial charge in [0.15, 0.2) is 6.29 Å². The van der Waals surface area contributed by atoms with Gasteiger partial charge in [-0.2, -0.15) is 0 Å².